The van der Waals surface area contributed by atoms with E-state index in [9.17, 15) is 13.2 Å². The Balaban J connectivity index is 0.00000225. The average Bonchev–Trinajstić information content (AvgIpc) is 2.59. The fourth-order valence-electron chi connectivity index (χ4n) is 3.38. The van der Waals surface area contributed by atoms with E-state index in [1.807, 2.05) is 42.5 Å². The quantitative estimate of drug-likeness (QED) is 0.848. The van der Waals surface area contributed by atoms with Crippen molar-refractivity contribution in [1.82, 2.24) is 10.6 Å². The molecule has 2 N–H and O–H groups in total. The molecule has 0 saturated carbocycles. The smallest absolute Gasteiger partial charge is 0.241 e. The van der Waals surface area contributed by atoms with Crippen LogP contribution in [0.3, 0.4) is 0 Å². The van der Waals surface area contributed by atoms with Crippen LogP contribution in [-0.2, 0) is 21.2 Å². The van der Waals surface area contributed by atoms with Gasteiger partial charge in [-0.05, 0) is 42.3 Å². The number of carbonyl (C=O) groups excluding carboxylic acids is 1. The van der Waals surface area contributed by atoms with E-state index < -0.39 is 14.6 Å². The Labute approximate surface area is 154 Å². The van der Waals surface area contributed by atoms with E-state index in [0.29, 0.717) is 32.5 Å². The Morgan fingerprint density at radius 3 is 2.44 bits per heavy atom. The van der Waals surface area contributed by atoms with Gasteiger partial charge in [0, 0.05) is 12.8 Å². The summed E-state index contributed by atoms with van der Waals surface area (Å²) >= 11 is 0. The Bertz CT molecular complexity index is 856. The molecule has 0 aliphatic carbocycles. The summed E-state index contributed by atoms with van der Waals surface area (Å²) in [7, 11) is -3.49. The molecular formula is C18H23ClN2O3S. The molecule has 136 valence electrons. The van der Waals surface area contributed by atoms with Crippen LogP contribution >= 0.6 is 12.4 Å². The van der Waals surface area contributed by atoms with Crippen LogP contribution < -0.4 is 10.6 Å². The summed E-state index contributed by atoms with van der Waals surface area (Å²) < 4.78 is 23.3. The number of carbonyl (C=O) groups is 1. The van der Waals surface area contributed by atoms with Gasteiger partial charge < -0.3 is 10.6 Å². The number of hydrogen-bond donors (Lipinski definition) is 2. The molecular weight excluding hydrogens is 360 g/mol. The van der Waals surface area contributed by atoms with E-state index in [1.165, 1.54) is 0 Å². The van der Waals surface area contributed by atoms with Crippen LogP contribution in [0.15, 0.2) is 42.5 Å². The minimum atomic E-state index is -3.49. The lowest BCUT2D eigenvalue weighted by Crippen LogP contribution is -2.57. The SMILES string of the molecule is CS(=O)(=O)C1(C(=O)NCc2cccc3ccccc23)CCNCC1.Cl. The zero-order chi connectivity index (χ0) is 17.2. The molecule has 1 fully saturated rings. The van der Waals surface area contributed by atoms with E-state index in [1.54, 1.807) is 0 Å². The predicted molar refractivity (Wildman–Crippen MR) is 103 cm³/mol. The molecule has 0 atom stereocenters. The van der Waals surface area contributed by atoms with E-state index in [0.717, 1.165) is 22.6 Å². The number of sulfone groups is 1. The van der Waals surface area contributed by atoms with E-state index in [4.69, 9.17) is 0 Å². The van der Waals surface area contributed by atoms with E-state index in [2.05, 4.69) is 10.6 Å². The molecule has 0 bridgehead atoms. The van der Waals surface area contributed by atoms with Crippen LogP contribution in [0.4, 0.5) is 0 Å². The van der Waals surface area contributed by atoms with E-state index in [-0.39, 0.29) is 18.3 Å². The van der Waals surface area contributed by atoms with Gasteiger partial charge in [-0.15, -0.1) is 12.4 Å². The molecule has 2 aromatic rings. The summed E-state index contributed by atoms with van der Waals surface area (Å²) in [6, 6.07) is 13.9. The molecule has 1 heterocycles. The third-order valence-corrected chi connectivity index (χ3v) is 6.87. The predicted octanol–water partition coefficient (Wildman–Crippen LogP) is 2.04. The number of nitrogens with one attached hydrogen (secondary N) is 2. The van der Waals surface area contributed by atoms with Gasteiger partial charge in [0.1, 0.15) is 0 Å². The van der Waals surface area contributed by atoms with E-state index >= 15 is 0 Å². The van der Waals surface area contributed by atoms with Gasteiger partial charge in [0.2, 0.25) is 5.91 Å². The lowest BCUT2D eigenvalue weighted by atomic mass is 9.95. The minimum absolute atomic E-state index is 0. The Hall–Kier alpha value is -1.63. The number of hydrogen-bond acceptors (Lipinski definition) is 4. The third kappa shape index (κ3) is 3.81. The molecule has 2 aromatic carbocycles. The highest BCUT2D eigenvalue weighted by Gasteiger charge is 2.48. The van der Waals surface area contributed by atoms with Crippen molar-refractivity contribution in [2.75, 3.05) is 19.3 Å². The molecule has 1 saturated heterocycles. The van der Waals surface area contributed by atoms with Gasteiger partial charge in [0.15, 0.2) is 14.6 Å². The highest BCUT2D eigenvalue weighted by atomic mass is 35.5. The van der Waals surface area contributed by atoms with Gasteiger partial charge in [-0.1, -0.05) is 42.5 Å². The maximum Gasteiger partial charge on any atom is 0.241 e. The number of fused-ring (bicyclic) bond motifs is 1. The van der Waals surface area contributed by atoms with Crippen molar-refractivity contribution < 1.29 is 13.2 Å². The highest BCUT2D eigenvalue weighted by molar-refractivity contribution is 7.92. The van der Waals surface area contributed by atoms with Crippen LogP contribution in [0.25, 0.3) is 10.8 Å². The fraction of sp³-hybridized carbons (Fsp3) is 0.389. The molecule has 0 unspecified atom stereocenters. The first-order valence-corrected chi connectivity index (χ1v) is 9.98. The number of amides is 1. The Morgan fingerprint density at radius 1 is 1.12 bits per heavy atom. The molecule has 1 aliphatic heterocycles. The van der Waals surface area contributed by atoms with Crippen LogP contribution in [-0.4, -0.2) is 38.4 Å². The van der Waals surface area contributed by atoms with Crippen LogP contribution in [0.1, 0.15) is 18.4 Å². The Morgan fingerprint density at radius 2 is 1.76 bits per heavy atom. The molecule has 7 heteroatoms. The summed E-state index contributed by atoms with van der Waals surface area (Å²) in [5.41, 5.74) is 0.985. The van der Waals surface area contributed by atoms with Crippen molar-refractivity contribution in [3.05, 3.63) is 48.0 Å². The highest BCUT2D eigenvalue weighted by Crippen LogP contribution is 2.28. The molecule has 1 amide bonds. The monoisotopic (exact) mass is 382 g/mol. The molecule has 3 rings (SSSR count). The van der Waals surface area contributed by atoms with Gasteiger partial charge >= 0.3 is 0 Å². The second kappa shape index (κ2) is 7.72. The first kappa shape index (κ1) is 19.7. The summed E-state index contributed by atoms with van der Waals surface area (Å²) in [4.78, 5) is 12.8. The van der Waals surface area contributed by atoms with Gasteiger partial charge in [-0.3, -0.25) is 4.79 Å². The van der Waals surface area contributed by atoms with Gasteiger partial charge in [-0.2, -0.15) is 0 Å². The van der Waals surface area contributed by atoms with Crippen molar-refractivity contribution in [2.45, 2.75) is 24.1 Å². The first-order chi connectivity index (χ1) is 11.4. The van der Waals surface area contributed by atoms with Crippen molar-refractivity contribution in [1.29, 1.82) is 0 Å². The average molecular weight is 383 g/mol. The molecule has 0 aromatic heterocycles. The molecule has 25 heavy (non-hydrogen) atoms. The summed E-state index contributed by atoms with van der Waals surface area (Å²) in [6.07, 6.45) is 1.79. The summed E-state index contributed by atoms with van der Waals surface area (Å²) in [5, 5.41) is 8.15. The maximum absolute atomic E-state index is 12.8. The number of benzene rings is 2. The zero-order valence-corrected chi connectivity index (χ0v) is 15.8. The van der Waals surface area contributed by atoms with Crippen LogP contribution in [0, 0.1) is 0 Å². The number of piperidine rings is 1. The second-order valence-corrected chi connectivity index (χ2v) is 8.66. The summed E-state index contributed by atoms with van der Waals surface area (Å²) in [5.74, 6) is -0.389. The first-order valence-electron chi connectivity index (χ1n) is 8.09. The standard InChI is InChI=1S/C18H22N2O3S.ClH/c1-24(22,23)18(9-11-19-12-10-18)17(21)20-13-15-7-4-6-14-5-2-3-8-16(14)15;/h2-8,19H,9-13H2,1H3,(H,20,21);1H. The van der Waals surface area contributed by atoms with Crippen molar-refractivity contribution in [2.24, 2.45) is 0 Å². The maximum atomic E-state index is 12.8. The zero-order valence-electron chi connectivity index (χ0n) is 14.1. The number of halogens is 1. The van der Waals surface area contributed by atoms with Gasteiger partial charge in [0.25, 0.3) is 0 Å². The van der Waals surface area contributed by atoms with Gasteiger partial charge in [-0.25, -0.2) is 8.42 Å². The second-order valence-electron chi connectivity index (χ2n) is 6.34. The normalized spacial score (nSPS) is 16.8. The van der Waals surface area contributed by atoms with Crippen LogP contribution in [0.5, 0.6) is 0 Å². The molecule has 5 nitrogen and oxygen atoms in total. The Kier molecular flexibility index (Phi) is 6.08. The minimum Gasteiger partial charge on any atom is -0.351 e. The fourth-order valence-corrected chi connectivity index (χ4v) is 4.73. The largest absolute Gasteiger partial charge is 0.351 e. The van der Waals surface area contributed by atoms with Crippen molar-refractivity contribution >= 4 is 38.9 Å². The van der Waals surface area contributed by atoms with Gasteiger partial charge in [0.05, 0.1) is 0 Å². The summed E-state index contributed by atoms with van der Waals surface area (Å²) in [6.45, 7) is 1.40. The lowest BCUT2D eigenvalue weighted by Gasteiger charge is -2.34. The molecule has 0 radical (unpaired) electrons. The lowest BCUT2D eigenvalue weighted by molar-refractivity contribution is -0.124. The molecule has 0 spiro atoms. The third-order valence-electron chi connectivity index (χ3n) is 4.85. The number of rotatable bonds is 4. The van der Waals surface area contributed by atoms with Crippen LogP contribution in [0.2, 0.25) is 0 Å². The van der Waals surface area contributed by atoms with Crippen molar-refractivity contribution in [3.63, 3.8) is 0 Å². The van der Waals surface area contributed by atoms with Crippen molar-refractivity contribution in [3.8, 4) is 0 Å². The topological polar surface area (TPSA) is 75.3 Å². The molecule has 1 aliphatic rings.